The lowest BCUT2D eigenvalue weighted by molar-refractivity contribution is 0.113. The smallest absolute Gasteiger partial charge is 0.119 e. The van der Waals surface area contributed by atoms with Crippen LogP contribution in [0.15, 0.2) is 24.3 Å². The molecule has 114 valence electrons. The second kappa shape index (κ2) is 7.33. The third kappa shape index (κ3) is 4.12. The maximum atomic E-state index is 9.47. The first-order valence-corrected chi connectivity index (χ1v) is 7.77. The summed E-state index contributed by atoms with van der Waals surface area (Å²) in [6.07, 6.45) is 3.75. The molecule has 1 saturated carbocycles. The molecule has 4 nitrogen and oxygen atoms in total. The number of hydrogen-bond donors (Lipinski definition) is 1. The van der Waals surface area contributed by atoms with Crippen molar-refractivity contribution in [3.63, 3.8) is 0 Å². The van der Waals surface area contributed by atoms with Crippen molar-refractivity contribution in [2.24, 2.45) is 0 Å². The topological polar surface area (TPSA) is 54.3 Å². The number of ether oxygens (including phenoxy) is 2. The van der Waals surface area contributed by atoms with E-state index in [1.165, 1.54) is 0 Å². The van der Waals surface area contributed by atoms with E-state index in [4.69, 9.17) is 9.47 Å². The Labute approximate surface area is 127 Å². The minimum Gasteiger partial charge on any atom is -0.494 e. The van der Waals surface area contributed by atoms with Crippen molar-refractivity contribution < 1.29 is 9.47 Å². The van der Waals surface area contributed by atoms with Gasteiger partial charge >= 0.3 is 0 Å². The lowest BCUT2D eigenvalue weighted by Gasteiger charge is -2.36. The fraction of sp³-hybridized carbons (Fsp3) is 0.588. The normalized spacial score (nSPS) is 25.1. The highest BCUT2D eigenvalue weighted by molar-refractivity contribution is 5.31. The molecular formula is C17H24N2O2. The van der Waals surface area contributed by atoms with E-state index in [1.54, 1.807) is 0 Å². The molecule has 0 radical (unpaired) electrons. The summed E-state index contributed by atoms with van der Waals surface area (Å²) < 4.78 is 11.5. The lowest BCUT2D eigenvalue weighted by atomic mass is 9.81. The lowest BCUT2D eigenvalue weighted by Crippen LogP contribution is -2.49. The summed E-state index contributed by atoms with van der Waals surface area (Å²) in [4.78, 5) is 0. The molecule has 1 aromatic carbocycles. The first-order chi connectivity index (χ1) is 10.2. The predicted molar refractivity (Wildman–Crippen MR) is 82.5 cm³/mol. The summed E-state index contributed by atoms with van der Waals surface area (Å²) in [5.41, 5.74) is -0.428. The SMILES string of the molecule is CCNC1(C#N)CCCC(Oc2ccc(OCC)cc2)C1. The molecule has 0 spiro atoms. The van der Waals surface area contributed by atoms with E-state index in [0.29, 0.717) is 6.61 Å². The molecule has 1 aliphatic carbocycles. The minimum absolute atomic E-state index is 0.0930. The Morgan fingerprint density at radius 2 is 2.00 bits per heavy atom. The van der Waals surface area contributed by atoms with Gasteiger partial charge in [-0.25, -0.2) is 0 Å². The molecule has 1 aliphatic rings. The van der Waals surface area contributed by atoms with Gasteiger partial charge in [0.15, 0.2) is 0 Å². The largest absolute Gasteiger partial charge is 0.494 e. The van der Waals surface area contributed by atoms with E-state index in [2.05, 4.69) is 11.4 Å². The van der Waals surface area contributed by atoms with Gasteiger partial charge in [-0.2, -0.15) is 5.26 Å². The standard InChI is InChI=1S/C17H24N2O2/c1-3-19-17(13-18)11-5-6-16(12-17)21-15-9-7-14(8-10-15)20-4-2/h7-10,16,19H,3-6,11-12H2,1-2H3. The summed E-state index contributed by atoms with van der Waals surface area (Å²) >= 11 is 0. The number of nitrogens with one attached hydrogen (secondary N) is 1. The quantitative estimate of drug-likeness (QED) is 0.873. The molecule has 2 unspecified atom stereocenters. The van der Waals surface area contributed by atoms with Crippen molar-refractivity contribution in [3.8, 4) is 17.6 Å². The van der Waals surface area contributed by atoms with E-state index < -0.39 is 5.54 Å². The molecule has 1 fully saturated rings. The van der Waals surface area contributed by atoms with Crippen LogP contribution in [0.4, 0.5) is 0 Å². The van der Waals surface area contributed by atoms with Crippen molar-refractivity contribution in [2.45, 2.75) is 51.2 Å². The molecule has 0 bridgehead atoms. The van der Waals surface area contributed by atoms with E-state index in [1.807, 2.05) is 38.1 Å². The van der Waals surface area contributed by atoms with Crippen molar-refractivity contribution in [1.29, 1.82) is 5.26 Å². The summed E-state index contributed by atoms with van der Waals surface area (Å²) in [7, 11) is 0. The highest BCUT2D eigenvalue weighted by atomic mass is 16.5. The zero-order valence-corrected chi connectivity index (χ0v) is 12.9. The molecule has 1 aromatic rings. The number of nitriles is 1. The van der Waals surface area contributed by atoms with Gasteiger partial charge in [0.2, 0.25) is 0 Å². The van der Waals surface area contributed by atoms with Gasteiger partial charge in [-0.15, -0.1) is 0 Å². The molecule has 21 heavy (non-hydrogen) atoms. The Bertz CT molecular complexity index is 477. The molecule has 2 atom stereocenters. The van der Waals surface area contributed by atoms with Gasteiger partial charge in [-0.1, -0.05) is 6.92 Å². The number of nitrogens with zero attached hydrogens (tertiary/aromatic N) is 1. The van der Waals surface area contributed by atoms with Crippen LogP contribution in [-0.4, -0.2) is 24.8 Å². The molecule has 0 aromatic heterocycles. The fourth-order valence-corrected chi connectivity index (χ4v) is 2.94. The van der Waals surface area contributed by atoms with Crippen LogP contribution in [0.5, 0.6) is 11.5 Å². The Hall–Kier alpha value is -1.73. The van der Waals surface area contributed by atoms with Crippen LogP contribution in [0, 0.1) is 11.3 Å². The van der Waals surface area contributed by atoms with E-state index in [9.17, 15) is 5.26 Å². The van der Waals surface area contributed by atoms with E-state index in [0.717, 1.165) is 43.7 Å². The highest BCUT2D eigenvalue weighted by Crippen LogP contribution is 2.31. The number of rotatable bonds is 6. The van der Waals surface area contributed by atoms with Gasteiger partial charge in [0, 0.05) is 6.42 Å². The second-order valence-corrected chi connectivity index (χ2v) is 5.46. The van der Waals surface area contributed by atoms with Crippen LogP contribution >= 0.6 is 0 Å². The first-order valence-electron chi connectivity index (χ1n) is 7.77. The van der Waals surface area contributed by atoms with Crippen molar-refractivity contribution in [3.05, 3.63) is 24.3 Å². The molecule has 4 heteroatoms. The molecule has 0 amide bonds. The summed E-state index contributed by atoms with van der Waals surface area (Å²) in [5.74, 6) is 1.70. The van der Waals surface area contributed by atoms with Gasteiger partial charge in [0.05, 0.1) is 12.7 Å². The van der Waals surface area contributed by atoms with Crippen molar-refractivity contribution >= 4 is 0 Å². The first kappa shape index (κ1) is 15.7. The van der Waals surface area contributed by atoms with Gasteiger partial charge < -0.3 is 9.47 Å². The molecule has 2 rings (SSSR count). The van der Waals surface area contributed by atoms with Crippen LogP contribution in [0.25, 0.3) is 0 Å². The summed E-state index contributed by atoms with van der Waals surface area (Å²) in [6.45, 7) is 5.48. The van der Waals surface area contributed by atoms with Crippen molar-refractivity contribution in [1.82, 2.24) is 5.32 Å². The maximum Gasteiger partial charge on any atom is 0.119 e. The minimum atomic E-state index is -0.428. The van der Waals surface area contributed by atoms with Gasteiger partial charge in [-0.05, 0) is 57.0 Å². The van der Waals surface area contributed by atoms with Crippen LogP contribution in [0.2, 0.25) is 0 Å². The highest BCUT2D eigenvalue weighted by Gasteiger charge is 2.36. The summed E-state index contributed by atoms with van der Waals surface area (Å²) in [6, 6.07) is 10.2. The fourth-order valence-electron chi connectivity index (χ4n) is 2.94. The van der Waals surface area contributed by atoms with Crippen LogP contribution in [-0.2, 0) is 0 Å². The monoisotopic (exact) mass is 288 g/mol. The molecular weight excluding hydrogens is 264 g/mol. The average molecular weight is 288 g/mol. The van der Waals surface area contributed by atoms with E-state index in [-0.39, 0.29) is 6.10 Å². The van der Waals surface area contributed by atoms with Crippen molar-refractivity contribution in [2.75, 3.05) is 13.2 Å². The van der Waals surface area contributed by atoms with Gasteiger partial charge in [0.1, 0.15) is 23.1 Å². The van der Waals surface area contributed by atoms with Gasteiger partial charge in [0.25, 0.3) is 0 Å². The second-order valence-electron chi connectivity index (χ2n) is 5.46. The van der Waals surface area contributed by atoms with Crippen LogP contribution in [0.3, 0.4) is 0 Å². The van der Waals surface area contributed by atoms with Gasteiger partial charge in [-0.3, -0.25) is 5.32 Å². The van der Waals surface area contributed by atoms with Crippen LogP contribution < -0.4 is 14.8 Å². The Morgan fingerprint density at radius 3 is 2.62 bits per heavy atom. The number of hydrogen-bond acceptors (Lipinski definition) is 4. The molecule has 1 N–H and O–H groups in total. The summed E-state index contributed by atoms with van der Waals surface area (Å²) in [5, 5.41) is 12.8. The Kier molecular flexibility index (Phi) is 5.46. The third-order valence-electron chi connectivity index (χ3n) is 3.87. The maximum absolute atomic E-state index is 9.47. The molecule has 0 heterocycles. The Balaban J connectivity index is 1.97. The number of benzene rings is 1. The third-order valence-corrected chi connectivity index (χ3v) is 3.87. The molecule has 0 aliphatic heterocycles. The Morgan fingerprint density at radius 1 is 1.29 bits per heavy atom. The van der Waals surface area contributed by atoms with E-state index >= 15 is 0 Å². The zero-order valence-electron chi connectivity index (χ0n) is 12.9. The molecule has 0 saturated heterocycles. The predicted octanol–water partition coefficient (Wildman–Crippen LogP) is 3.28. The average Bonchev–Trinajstić information content (AvgIpc) is 2.50. The van der Waals surface area contributed by atoms with Crippen LogP contribution in [0.1, 0.15) is 39.5 Å². The zero-order chi connectivity index (χ0) is 15.1.